The molecule has 2 rings (SSSR count). The summed E-state index contributed by atoms with van der Waals surface area (Å²) in [5.74, 6) is 4.72. The topological polar surface area (TPSA) is 96.1 Å². The Hall–Kier alpha value is -1.61. The predicted molar refractivity (Wildman–Crippen MR) is 71.4 cm³/mol. The van der Waals surface area contributed by atoms with Gasteiger partial charge in [-0.3, -0.25) is 5.43 Å². The Kier molecular flexibility index (Phi) is 4.52. The van der Waals surface area contributed by atoms with Crippen LogP contribution in [0, 0.1) is 0 Å². The molecule has 9 heteroatoms. The Labute approximate surface area is 119 Å². The first-order chi connectivity index (χ1) is 9.82. The van der Waals surface area contributed by atoms with E-state index in [0.717, 1.165) is 25.3 Å². The fraction of sp³-hybridized carbons (Fsp3) is 0.667. The van der Waals surface area contributed by atoms with E-state index in [4.69, 9.17) is 5.84 Å². The van der Waals surface area contributed by atoms with Crippen LogP contribution >= 0.6 is 0 Å². The standard InChI is InChI=1S/C12H18F3N5O/c13-12(14,15)8-6-9(19-10(18-8)20-16)17-7-11(21)4-2-1-3-5-11/h6,21H,1-5,7,16H2,(H2,17,18,19,20). The zero-order valence-corrected chi connectivity index (χ0v) is 11.4. The smallest absolute Gasteiger partial charge is 0.388 e. The lowest BCUT2D eigenvalue weighted by molar-refractivity contribution is -0.141. The lowest BCUT2D eigenvalue weighted by atomic mass is 9.85. The van der Waals surface area contributed by atoms with Gasteiger partial charge in [-0.25, -0.2) is 10.8 Å². The fourth-order valence-corrected chi connectivity index (χ4v) is 2.39. The number of nitrogens with two attached hydrogens (primary N) is 1. The summed E-state index contributed by atoms with van der Waals surface area (Å²) < 4.78 is 38.2. The minimum absolute atomic E-state index is 0.0238. The number of alkyl halides is 3. The van der Waals surface area contributed by atoms with Crippen molar-refractivity contribution in [2.75, 3.05) is 17.3 Å². The van der Waals surface area contributed by atoms with E-state index in [1.807, 2.05) is 5.43 Å². The van der Waals surface area contributed by atoms with Crippen molar-refractivity contribution in [2.45, 2.75) is 43.9 Å². The van der Waals surface area contributed by atoms with Crippen molar-refractivity contribution in [2.24, 2.45) is 5.84 Å². The third-order valence-corrected chi connectivity index (χ3v) is 3.53. The third kappa shape index (κ3) is 4.18. The summed E-state index contributed by atoms with van der Waals surface area (Å²) in [6.45, 7) is 0.144. The third-order valence-electron chi connectivity index (χ3n) is 3.53. The maximum atomic E-state index is 12.7. The summed E-state index contributed by atoms with van der Waals surface area (Å²) >= 11 is 0. The number of nitrogen functional groups attached to an aromatic ring is 1. The van der Waals surface area contributed by atoms with Gasteiger partial charge in [0, 0.05) is 12.6 Å². The van der Waals surface area contributed by atoms with Crippen LogP contribution in [-0.4, -0.2) is 27.2 Å². The van der Waals surface area contributed by atoms with E-state index in [0.29, 0.717) is 12.8 Å². The first-order valence-electron chi connectivity index (χ1n) is 6.72. The Balaban J connectivity index is 2.12. The Morgan fingerprint density at radius 3 is 2.48 bits per heavy atom. The van der Waals surface area contributed by atoms with Crippen molar-refractivity contribution in [1.82, 2.24) is 9.97 Å². The second-order valence-corrected chi connectivity index (χ2v) is 5.24. The molecule has 0 aromatic carbocycles. The zero-order chi connectivity index (χ0) is 15.5. The molecule has 0 bridgehead atoms. The number of nitrogens with zero attached hydrogens (tertiary/aromatic N) is 2. The largest absolute Gasteiger partial charge is 0.433 e. The van der Waals surface area contributed by atoms with Crippen molar-refractivity contribution in [1.29, 1.82) is 0 Å². The van der Waals surface area contributed by atoms with E-state index in [1.54, 1.807) is 0 Å². The molecule has 1 aromatic heterocycles. The van der Waals surface area contributed by atoms with Crippen LogP contribution in [0.25, 0.3) is 0 Å². The number of aromatic nitrogens is 2. The van der Waals surface area contributed by atoms with Gasteiger partial charge in [0.25, 0.3) is 0 Å². The minimum Gasteiger partial charge on any atom is -0.388 e. The van der Waals surface area contributed by atoms with Crippen molar-refractivity contribution < 1.29 is 18.3 Å². The number of hydrazine groups is 1. The maximum absolute atomic E-state index is 12.7. The van der Waals surface area contributed by atoms with E-state index in [2.05, 4.69) is 15.3 Å². The Morgan fingerprint density at radius 1 is 1.24 bits per heavy atom. The van der Waals surface area contributed by atoms with E-state index >= 15 is 0 Å². The van der Waals surface area contributed by atoms with Crippen LogP contribution in [0.4, 0.5) is 24.9 Å². The monoisotopic (exact) mass is 305 g/mol. The second-order valence-electron chi connectivity index (χ2n) is 5.24. The van der Waals surface area contributed by atoms with Gasteiger partial charge in [0.05, 0.1) is 5.60 Å². The number of rotatable bonds is 4. The molecule has 1 fully saturated rings. The van der Waals surface area contributed by atoms with Crippen molar-refractivity contribution in [3.05, 3.63) is 11.8 Å². The highest BCUT2D eigenvalue weighted by Crippen LogP contribution is 2.31. The predicted octanol–water partition coefficient (Wildman–Crippen LogP) is 1.89. The highest BCUT2D eigenvalue weighted by atomic mass is 19.4. The molecule has 0 radical (unpaired) electrons. The molecular formula is C12H18F3N5O. The van der Waals surface area contributed by atoms with Gasteiger partial charge in [-0.2, -0.15) is 18.2 Å². The number of aliphatic hydroxyl groups is 1. The Morgan fingerprint density at radius 2 is 1.90 bits per heavy atom. The lowest BCUT2D eigenvalue weighted by Gasteiger charge is -2.32. The van der Waals surface area contributed by atoms with Gasteiger partial charge in [0.1, 0.15) is 5.82 Å². The molecule has 21 heavy (non-hydrogen) atoms. The minimum atomic E-state index is -4.59. The number of anilines is 2. The first-order valence-corrected chi connectivity index (χ1v) is 6.72. The average Bonchev–Trinajstić information content (AvgIpc) is 2.45. The molecule has 0 atom stereocenters. The first kappa shape index (κ1) is 15.8. The van der Waals surface area contributed by atoms with Gasteiger partial charge in [-0.15, -0.1) is 0 Å². The van der Waals surface area contributed by atoms with Gasteiger partial charge >= 0.3 is 6.18 Å². The molecule has 1 aromatic rings. The van der Waals surface area contributed by atoms with Crippen LogP contribution < -0.4 is 16.6 Å². The summed E-state index contributed by atoms with van der Waals surface area (Å²) in [6, 6.07) is 0.799. The zero-order valence-electron chi connectivity index (χ0n) is 11.4. The Bertz CT molecular complexity index is 488. The summed E-state index contributed by atoms with van der Waals surface area (Å²) in [4.78, 5) is 7.07. The average molecular weight is 305 g/mol. The molecule has 1 aliphatic carbocycles. The van der Waals surface area contributed by atoms with Gasteiger partial charge < -0.3 is 10.4 Å². The van der Waals surface area contributed by atoms with Crippen LogP contribution in [0.3, 0.4) is 0 Å². The molecule has 0 amide bonds. The van der Waals surface area contributed by atoms with E-state index < -0.39 is 17.5 Å². The molecule has 5 N–H and O–H groups in total. The maximum Gasteiger partial charge on any atom is 0.433 e. The molecule has 0 spiro atoms. The lowest BCUT2D eigenvalue weighted by Crippen LogP contribution is -2.39. The number of halogens is 3. The molecule has 0 aliphatic heterocycles. The highest BCUT2D eigenvalue weighted by molar-refractivity contribution is 5.43. The van der Waals surface area contributed by atoms with E-state index in [1.165, 1.54) is 0 Å². The second kappa shape index (κ2) is 6.02. The number of hydrogen-bond acceptors (Lipinski definition) is 6. The SMILES string of the molecule is NNc1nc(NCC2(O)CCCCC2)cc(C(F)(F)F)n1. The summed E-state index contributed by atoms with van der Waals surface area (Å²) in [5, 5.41) is 13.1. The fourth-order valence-electron chi connectivity index (χ4n) is 2.39. The molecule has 1 aliphatic rings. The van der Waals surface area contributed by atoms with Gasteiger partial charge in [-0.1, -0.05) is 19.3 Å². The van der Waals surface area contributed by atoms with Gasteiger partial charge in [-0.05, 0) is 12.8 Å². The van der Waals surface area contributed by atoms with Gasteiger partial charge in [0.2, 0.25) is 5.95 Å². The summed E-state index contributed by atoms with van der Waals surface area (Å²) in [5.41, 5.74) is 0.00383. The highest BCUT2D eigenvalue weighted by Gasteiger charge is 2.34. The van der Waals surface area contributed by atoms with Gasteiger partial charge in [0.15, 0.2) is 5.69 Å². The molecule has 118 valence electrons. The molecule has 0 unspecified atom stereocenters. The normalized spacial score (nSPS) is 18.3. The summed E-state index contributed by atoms with van der Waals surface area (Å²) in [6.07, 6.45) is -0.461. The number of nitrogens with one attached hydrogen (secondary N) is 2. The number of hydrogen-bond donors (Lipinski definition) is 4. The molecule has 0 saturated heterocycles. The molecule has 1 heterocycles. The van der Waals surface area contributed by atoms with Crippen LogP contribution in [0.5, 0.6) is 0 Å². The van der Waals surface area contributed by atoms with Crippen LogP contribution in [0.2, 0.25) is 0 Å². The van der Waals surface area contributed by atoms with Crippen molar-refractivity contribution >= 4 is 11.8 Å². The van der Waals surface area contributed by atoms with Crippen LogP contribution in [-0.2, 0) is 6.18 Å². The van der Waals surface area contributed by atoms with Crippen molar-refractivity contribution in [3.8, 4) is 0 Å². The van der Waals surface area contributed by atoms with E-state index in [9.17, 15) is 18.3 Å². The van der Waals surface area contributed by atoms with Crippen molar-refractivity contribution in [3.63, 3.8) is 0 Å². The van der Waals surface area contributed by atoms with Crippen LogP contribution in [0.15, 0.2) is 6.07 Å². The molecular weight excluding hydrogens is 287 g/mol. The summed E-state index contributed by atoms with van der Waals surface area (Å²) in [7, 11) is 0. The van der Waals surface area contributed by atoms with E-state index in [-0.39, 0.29) is 18.3 Å². The molecule has 6 nitrogen and oxygen atoms in total. The quantitative estimate of drug-likeness (QED) is 0.501. The molecule has 1 saturated carbocycles. The van der Waals surface area contributed by atoms with Crippen LogP contribution in [0.1, 0.15) is 37.8 Å².